The molecule has 1 rings (SSSR count). The van der Waals surface area contributed by atoms with E-state index in [-0.39, 0.29) is 11.9 Å². The van der Waals surface area contributed by atoms with Crippen molar-refractivity contribution in [2.45, 2.75) is 33.3 Å². The van der Waals surface area contributed by atoms with Crippen molar-refractivity contribution in [1.29, 1.82) is 0 Å². The van der Waals surface area contributed by atoms with Crippen LogP contribution in [0.15, 0.2) is 18.2 Å². The molecule has 0 heterocycles. The highest BCUT2D eigenvalue weighted by Crippen LogP contribution is 2.21. The summed E-state index contributed by atoms with van der Waals surface area (Å²) in [6.45, 7) is 7.47. The summed E-state index contributed by atoms with van der Waals surface area (Å²) in [6, 6.07) is 5.23. The van der Waals surface area contributed by atoms with Crippen LogP contribution in [-0.2, 0) is 0 Å². The van der Waals surface area contributed by atoms with Crippen LogP contribution in [0.3, 0.4) is 0 Å². The van der Waals surface area contributed by atoms with E-state index >= 15 is 0 Å². The van der Waals surface area contributed by atoms with Gasteiger partial charge in [0.05, 0.1) is 0 Å². The van der Waals surface area contributed by atoms with Gasteiger partial charge in [-0.1, -0.05) is 26.0 Å². The Labute approximate surface area is 96.8 Å². The van der Waals surface area contributed by atoms with Crippen LogP contribution < -0.4 is 10.1 Å². The van der Waals surface area contributed by atoms with Gasteiger partial charge in [-0.3, -0.25) is 0 Å². The highest BCUT2D eigenvalue weighted by Gasteiger charge is 2.11. The first-order valence-electron chi connectivity index (χ1n) is 5.81. The van der Waals surface area contributed by atoms with Gasteiger partial charge in [-0.2, -0.15) is 0 Å². The number of benzene rings is 1. The van der Waals surface area contributed by atoms with E-state index < -0.39 is 0 Å². The molecule has 1 atom stereocenters. The van der Waals surface area contributed by atoms with Crippen LogP contribution in [0.1, 0.15) is 25.8 Å². The molecule has 1 unspecified atom stereocenters. The van der Waals surface area contributed by atoms with Gasteiger partial charge in [-0.25, -0.2) is 4.39 Å². The van der Waals surface area contributed by atoms with Crippen molar-refractivity contribution < 1.29 is 9.13 Å². The third kappa shape index (κ3) is 3.49. The fourth-order valence-corrected chi connectivity index (χ4v) is 1.47. The third-order valence-corrected chi connectivity index (χ3v) is 2.53. The number of rotatable bonds is 6. The van der Waals surface area contributed by atoms with Gasteiger partial charge in [0.15, 0.2) is 11.6 Å². The molecule has 1 aromatic carbocycles. The van der Waals surface area contributed by atoms with Crippen LogP contribution in [0.5, 0.6) is 5.75 Å². The molecule has 0 spiro atoms. The van der Waals surface area contributed by atoms with Gasteiger partial charge in [-0.05, 0) is 31.5 Å². The number of likely N-dealkylation sites (N-methyl/N-ethyl adjacent to an activating group) is 1. The molecule has 0 aliphatic rings. The average Bonchev–Trinajstić information content (AvgIpc) is 2.30. The molecule has 0 fully saturated rings. The van der Waals surface area contributed by atoms with Crippen LogP contribution in [0, 0.1) is 12.7 Å². The number of hydrogen-bond donors (Lipinski definition) is 1. The SMILES string of the molecule is CCNCC(CC)Oc1cccc(C)c1F. The Hall–Kier alpha value is -1.09. The van der Waals surface area contributed by atoms with Crippen LogP contribution in [0.2, 0.25) is 0 Å². The molecule has 16 heavy (non-hydrogen) atoms. The summed E-state index contributed by atoms with van der Waals surface area (Å²) in [5.74, 6) is 0.0993. The second kappa shape index (κ2) is 6.48. The molecule has 0 aliphatic heterocycles. The largest absolute Gasteiger partial charge is 0.486 e. The topological polar surface area (TPSA) is 21.3 Å². The van der Waals surface area contributed by atoms with Crippen molar-refractivity contribution in [2.24, 2.45) is 0 Å². The summed E-state index contributed by atoms with van der Waals surface area (Å²) in [5, 5.41) is 3.21. The van der Waals surface area contributed by atoms with E-state index in [4.69, 9.17) is 4.74 Å². The zero-order valence-corrected chi connectivity index (χ0v) is 10.2. The quantitative estimate of drug-likeness (QED) is 0.803. The van der Waals surface area contributed by atoms with Gasteiger partial charge in [0.25, 0.3) is 0 Å². The Morgan fingerprint density at radius 2 is 2.12 bits per heavy atom. The van der Waals surface area contributed by atoms with Crippen LogP contribution in [-0.4, -0.2) is 19.2 Å². The molecule has 2 nitrogen and oxygen atoms in total. The van der Waals surface area contributed by atoms with Gasteiger partial charge < -0.3 is 10.1 Å². The normalized spacial score (nSPS) is 12.5. The second-order valence-electron chi connectivity index (χ2n) is 3.84. The third-order valence-electron chi connectivity index (χ3n) is 2.53. The molecule has 90 valence electrons. The van der Waals surface area contributed by atoms with Crippen molar-refractivity contribution in [3.8, 4) is 5.75 Å². The Bertz CT molecular complexity index is 328. The summed E-state index contributed by atoms with van der Waals surface area (Å²) in [4.78, 5) is 0. The maximum Gasteiger partial charge on any atom is 0.167 e. The molecule has 0 amide bonds. The molecule has 0 aromatic heterocycles. The molecule has 0 saturated heterocycles. The van der Waals surface area contributed by atoms with E-state index in [9.17, 15) is 4.39 Å². The molecule has 3 heteroatoms. The smallest absolute Gasteiger partial charge is 0.167 e. The lowest BCUT2D eigenvalue weighted by molar-refractivity contribution is 0.186. The van der Waals surface area contributed by atoms with Gasteiger partial charge >= 0.3 is 0 Å². The fourth-order valence-electron chi connectivity index (χ4n) is 1.47. The minimum Gasteiger partial charge on any atom is -0.486 e. The lowest BCUT2D eigenvalue weighted by Crippen LogP contribution is -2.31. The highest BCUT2D eigenvalue weighted by molar-refractivity contribution is 5.30. The van der Waals surface area contributed by atoms with Crippen LogP contribution in [0.25, 0.3) is 0 Å². The molecule has 0 bridgehead atoms. The predicted octanol–water partition coefficient (Wildman–Crippen LogP) is 2.90. The van der Waals surface area contributed by atoms with E-state index in [0.717, 1.165) is 19.5 Å². The first kappa shape index (κ1) is 13.0. The van der Waals surface area contributed by atoms with Gasteiger partial charge in [0, 0.05) is 6.54 Å². The maximum atomic E-state index is 13.7. The number of ether oxygens (including phenoxy) is 1. The predicted molar refractivity (Wildman–Crippen MR) is 64.4 cm³/mol. The first-order chi connectivity index (χ1) is 7.69. The summed E-state index contributed by atoms with van der Waals surface area (Å²) >= 11 is 0. The van der Waals surface area contributed by atoms with Crippen LogP contribution in [0.4, 0.5) is 4.39 Å². The Morgan fingerprint density at radius 3 is 2.75 bits per heavy atom. The Morgan fingerprint density at radius 1 is 1.38 bits per heavy atom. The first-order valence-corrected chi connectivity index (χ1v) is 5.81. The van der Waals surface area contributed by atoms with Gasteiger partial charge in [-0.15, -0.1) is 0 Å². The molecular weight excluding hydrogens is 205 g/mol. The molecule has 0 radical (unpaired) electrons. The van der Waals surface area contributed by atoms with E-state index in [0.29, 0.717) is 11.3 Å². The number of halogens is 1. The lowest BCUT2D eigenvalue weighted by atomic mass is 10.2. The Kier molecular flexibility index (Phi) is 5.26. The number of aryl methyl sites for hydroxylation is 1. The zero-order valence-electron chi connectivity index (χ0n) is 10.2. The number of nitrogens with one attached hydrogen (secondary N) is 1. The monoisotopic (exact) mass is 225 g/mol. The minimum absolute atomic E-state index is 0.0243. The van der Waals surface area contributed by atoms with Crippen molar-refractivity contribution in [2.75, 3.05) is 13.1 Å². The Balaban J connectivity index is 2.66. The van der Waals surface area contributed by atoms with Gasteiger partial charge in [0.1, 0.15) is 6.10 Å². The molecule has 1 N–H and O–H groups in total. The lowest BCUT2D eigenvalue weighted by Gasteiger charge is -2.18. The van der Waals surface area contributed by atoms with E-state index in [1.165, 1.54) is 0 Å². The van der Waals surface area contributed by atoms with E-state index in [1.54, 1.807) is 19.1 Å². The van der Waals surface area contributed by atoms with Crippen LogP contribution >= 0.6 is 0 Å². The molecule has 0 aliphatic carbocycles. The van der Waals surface area contributed by atoms with E-state index in [1.807, 2.05) is 19.9 Å². The summed E-state index contributed by atoms with van der Waals surface area (Å²) in [5.41, 5.74) is 0.621. The van der Waals surface area contributed by atoms with Crippen molar-refractivity contribution in [3.05, 3.63) is 29.6 Å². The average molecular weight is 225 g/mol. The second-order valence-corrected chi connectivity index (χ2v) is 3.84. The summed E-state index contributed by atoms with van der Waals surface area (Å²) in [6.07, 6.45) is 0.886. The van der Waals surface area contributed by atoms with Gasteiger partial charge in [0.2, 0.25) is 0 Å². The molecule has 1 aromatic rings. The minimum atomic E-state index is -0.252. The van der Waals surface area contributed by atoms with Crippen molar-refractivity contribution >= 4 is 0 Å². The maximum absolute atomic E-state index is 13.7. The summed E-state index contributed by atoms with van der Waals surface area (Å²) in [7, 11) is 0. The van der Waals surface area contributed by atoms with E-state index in [2.05, 4.69) is 5.32 Å². The van der Waals surface area contributed by atoms with Crippen molar-refractivity contribution in [3.63, 3.8) is 0 Å². The fraction of sp³-hybridized carbons (Fsp3) is 0.538. The summed E-state index contributed by atoms with van der Waals surface area (Å²) < 4.78 is 19.3. The molecular formula is C13H20FNO. The number of hydrogen-bond acceptors (Lipinski definition) is 2. The molecule has 0 saturated carbocycles. The zero-order chi connectivity index (χ0) is 12.0. The van der Waals surface area contributed by atoms with Crippen molar-refractivity contribution in [1.82, 2.24) is 5.32 Å². The standard InChI is InChI=1S/C13H20FNO/c1-4-11(9-15-5-2)16-12-8-6-7-10(3)13(12)14/h6-8,11,15H,4-5,9H2,1-3H3. The highest BCUT2D eigenvalue weighted by atomic mass is 19.1.